The molecule has 2 rings (SSSR count). The van der Waals surface area contributed by atoms with Crippen molar-refractivity contribution in [3.63, 3.8) is 0 Å². The Bertz CT molecular complexity index is 413. The van der Waals surface area contributed by atoms with Gasteiger partial charge in [0.15, 0.2) is 0 Å². The van der Waals surface area contributed by atoms with Crippen molar-refractivity contribution in [3.8, 4) is 0 Å². The molecule has 0 spiro atoms. The maximum Gasteiger partial charge on any atom is 0.138 e. The molecular formula is C17H32N4. The van der Waals surface area contributed by atoms with Crippen molar-refractivity contribution >= 4 is 0 Å². The molecule has 4 heteroatoms. The van der Waals surface area contributed by atoms with E-state index in [0.717, 1.165) is 37.2 Å². The third-order valence-corrected chi connectivity index (χ3v) is 4.60. The zero-order chi connectivity index (χ0) is 15.2. The maximum absolute atomic E-state index is 4.52. The van der Waals surface area contributed by atoms with Crippen molar-refractivity contribution in [1.82, 2.24) is 20.1 Å². The van der Waals surface area contributed by atoms with Gasteiger partial charge in [-0.1, -0.05) is 34.1 Å². The Balaban J connectivity index is 2.02. The van der Waals surface area contributed by atoms with Crippen LogP contribution in [0.1, 0.15) is 59.2 Å². The molecule has 1 saturated carbocycles. The zero-order valence-corrected chi connectivity index (χ0v) is 14.2. The number of nitrogens with zero attached hydrogens (tertiary/aromatic N) is 3. The normalized spacial score (nSPS) is 23.9. The van der Waals surface area contributed by atoms with E-state index in [4.69, 9.17) is 0 Å². The Hall–Kier alpha value is -0.900. The standard InChI is InChI=1S/C17H32N4/c1-5-8-18-16(15-7-6-14(4)9-15)10-17-19-12-20-21(17)11-13(2)3/h12-16,18H,5-11H2,1-4H3. The largest absolute Gasteiger partial charge is 0.313 e. The molecule has 120 valence electrons. The fourth-order valence-corrected chi connectivity index (χ4v) is 3.49. The molecule has 0 saturated heterocycles. The minimum atomic E-state index is 0.560. The van der Waals surface area contributed by atoms with Crippen LogP contribution in [-0.4, -0.2) is 27.4 Å². The third-order valence-electron chi connectivity index (χ3n) is 4.60. The highest BCUT2D eigenvalue weighted by molar-refractivity contribution is 4.94. The third kappa shape index (κ3) is 4.80. The summed E-state index contributed by atoms with van der Waals surface area (Å²) in [6.07, 6.45) is 8.03. The van der Waals surface area contributed by atoms with E-state index in [1.54, 1.807) is 6.33 Å². The lowest BCUT2D eigenvalue weighted by molar-refractivity contribution is 0.336. The first-order valence-electron chi connectivity index (χ1n) is 8.70. The highest BCUT2D eigenvalue weighted by atomic mass is 15.3. The summed E-state index contributed by atoms with van der Waals surface area (Å²) in [5.41, 5.74) is 0. The van der Waals surface area contributed by atoms with Crippen LogP contribution in [0.4, 0.5) is 0 Å². The zero-order valence-electron chi connectivity index (χ0n) is 14.2. The van der Waals surface area contributed by atoms with Crippen LogP contribution in [0.2, 0.25) is 0 Å². The molecule has 1 aliphatic carbocycles. The molecule has 1 heterocycles. The lowest BCUT2D eigenvalue weighted by Crippen LogP contribution is -2.38. The summed E-state index contributed by atoms with van der Waals surface area (Å²) in [4.78, 5) is 4.52. The molecule has 1 aliphatic rings. The molecule has 1 fully saturated rings. The van der Waals surface area contributed by atoms with E-state index in [1.165, 1.54) is 25.7 Å². The van der Waals surface area contributed by atoms with Crippen molar-refractivity contribution < 1.29 is 0 Å². The molecule has 21 heavy (non-hydrogen) atoms. The van der Waals surface area contributed by atoms with Crippen LogP contribution in [0, 0.1) is 17.8 Å². The molecule has 3 unspecified atom stereocenters. The lowest BCUT2D eigenvalue weighted by Gasteiger charge is -2.25. The van der Waals surface area contributed by atoms with Gasteiger partial charge in [-0.15, -0.1) is 0 Å². The van der Waals surface area contributed by atoms with E-state index >= 15 is 0 Å². The number of nitrogens with one attached hydrogen (secondary N) is 1. The lowest BCUT2D eigenvalue weighted by atomic mass is 9.94. The molecule has 0 aliphatic heterocycles. The molecule has 0 radical (unpaired) electrons. The molecule has 1 N–H and O–H groups in total. The van der Waals surface area contributed by atoms with Crippen LogP contribution in [-0.2, 0) is 13.0 Å². The van der Waals surface area contributed by atoms with Crippen molar-refractivity contribution in [1.29, 1.82) is 0 Å². The summed E-state index contributed by atoms with van der Waals surface area (Å²) < 4.78 is 2.10. The number of hydrogen-bond donors (Lipinski definition) is 1. The minimum Gasteiger partial charge on any atom is -0.313 e. The van der Waals surface area contributed by atoms with Gasteiger partial charge in [0.25, 0.3) is 0 Å². The molecule has 1 aromatic rings. The van der Waals surface area contributed by atoms with Gasteiger partial charge in [-0.05, 0) is 43.6 Å². The van der Waals surface area contributed by atoms with Gasteiger partial charge in [0, 0.05) is 19.0 Å². The van der Waals surface area contributed by atoms with E-state index in [2.05, 4.69) is 47.8 Å². The van der Waals surface area contributed by atoms with Gasteiger partial charge < -0.3 is 5.32 Å². The fraction of sp³-hybridized carbons (Fsp3) is 0.882. The van der Waals surface area contributed by atoms with Crippen LogP contribution < -0.4 is 5.32 Å². The highest BCUT2D eigenvalue weighted by Gasteiger charge is 2.29. The smallest absolute Gasteiger partial charge is 0.138 e. The molecule has 1 aromatic heterocycles. The topological polar surface area (TPSA) is 42.7 Å². The molecule has 3 atom stereocenters. The highest BCUT2D eigenvalue weighted by Crippen LogP contribution is 2.33. The predicted octanol–water partition coefficient (Wildman–Crippen LogP) is 3.28. The average molecular weight is 292 g/mol. The molecule has 0 bridgehead atoms. The first kappa shape index (κ1) is 16.5. The van der Waals surface area contributed by atoms with Gasteiger partial charge in [-0.2, -0.15) is 5.10 Å². The summed E-state index contributed by atoms with van der Waals surface area (Å²) in [6.45, 7) is 11.2. The quantitative estimate of drug-likeness (QED) is 0.799. The summed E-state index contributed by atoms with van der Waals surface area (Å²) in [5, 5.41) is 8.18. The van der Waals surface area contributed by atoms with Gasteiger partial charge >= 0.3 is 0 Å². The summed E-state index contributed by atoms with van der Waals surface area (Å²) in [6, 6.07) is 0.560. The Kier molecular flexibility index (Phi) is 6.22. The van der Waals surface area contributed by atoms with Crippen molar-refractivity contribution in [2.24, 2.45) is 17.8 Å². The first-order valence-corrected chi connectivity index (χ1v) is 8.70. The van der Waals surface area contributed by atoms with Gasteiger partial charge in [-0.3, -0.25) is 0 Å². The SMILES string of the molecule is CCCNC(Cc1ncnn1CC(C)C)C1CCC(C)C1. The Morgan fingerprint density at radius 1 is 1.38 bits per heavy atom. The van der Waals surface area contributed by atoms with Crippen LogP contribution >= 0.6 is 0 Å². The first-order chi connectivity index (χ1) is 10.1. The van der Waals surface area contributed by atoms with E-state index in [0.29, 0.717) is 12.0 Å². The maximum atomic E-state index is 4.52. The van der Waals surface area contributed by atoms with E-state index in [-0.39, 0.29) is 0 Å². The summed E-state index contributed by atoms with van der Waals surface area (Å²) in [5.74, 6) is 3.45. The predicted molar refractivity (Wildman–Crippen MR) is 87.2 cm³/mol. The van der Waals surface area contributed by atoms with Gasteiger partial charge in [0.1, 0.15) is 12.2 Å². The van der Waals surface area contributed by atoms with Crippen LogP contribution in [0.3, 0.4) is 0 Å². The molecular weight excluding hydrogens is 260 g/mol. The van der Waals surface area contributed by atoms with Crippen molar-refractivity contribution in [3.05, 3.63) is 12.2 Å². The molecule has 0 amide bonds. The van der Waals surface area contributed by atoms with Crippen LogP contribution in [0.15, 0.2) is 6.33 Å². The van der Waals surface area contributed by atoms with Crippen molar-refractivity contribution in [2.75, 3.05) is 6.54 Å². The molecule has 0 aromatic carbocycles. The van der Waals surface area contributed by atoms with Crippen LogP contribution in [0.25, 0.3) is 0 Å². The molecule has 4 nitrogen and oxygen atoms in total. The Morgan fingerprint density at radius 3 is 2.81 bits per heavy atom. The van der Waals surface area contributed by atoms with Gasteiger partial charge in [-0.25, -0.2) is 9.67 Å². The van der Waals surface area contributed by atoms with E-state index in [9.17, 15) is 0 Å². The second-order valence-corrected chi connectivity index (χ2v) is 7.20. The minimum absolute atomic E-state index is 0.560. The second-order valence-electron chi connectivity index (χ2n) is 7.20. The van der Waals surface area contributed by atoms with E-state index < -0.39 is 0 Å². The second kappa shape index (κ2) is 7.92. The van der Waals surface area contributed by atoms with Gasteiger partial charge in [0.05, 0.1) is 0 Å². The Labute approximate surface area is 129 Å². The summed E-state index contributed by atoms with van der Waals surface area (Å²) >= 11 is 0. The van der Waals surface area contributed by atoms with E-state index in [1.807, 2.05) is 0 Å². The average Bonchev–Trinajstić information content (AvgIpc) is 3.03. The Morgan fingerprint density at radius 2 is 2.19 bits per heavy atom. The summed E-state index contributed by atoms with van der Waals surface area (Å²) in [7, 11) is 0. The number of aromatic nitrogens is 3. The fourth-order valence-electron chi connectivity index (χ4n) is 3.49. The number of hydrogen-bond acceptors (Lipinski definition) is 3. The van der Waals surface area contributed by atoms with Crippen molar-refractivity contribution in [2.45, 2.75) is 72.4 Å². The van der Waals surface area contributed by atoms with Crippen LogP contribution in [0.5, 0.6) is 0 Å². The number of rotatable bonds is 8. The monoisotopic (exact) mass is 292 g/mol. The van der Waals surface area contributed by atoms with Gasteiger partial charge in [0.2, 0.25) is 0 Å².